The van der Waals surface area contributed by atoms with Crippen LogP contribution in [0.3, 0.4) is 0 Å². The molecule has 0 bridgehead atoms. The molecule has 1 aliphatic heterocycles. The first kappa shape index (κ1) is 19.4. The molecular formula is C22H24N2O5. The molecule has 2 heterocycles. The van der Waals surface area contributed by atoms with Crippen molar-refractivity contribution in [3.05, 3.63) is 62.4 Å². The predicted octanol–water partition coefficient (Wildman–Crippen LogP) is 3.67. The lowest BCUT2D eigenvalue weighted by molar-refractivity contribution is 0.332. The minimum atomic E-state index is -0.515. The van der Waals surface area contributed by atoms with Gasteiger partial charge in [-0.3, -0.25) is 4.79 Å². The summed E-state index contributed by atoms with van der Waals surface area (Å²) in [6.07, 6.45) is 8.86. The quantitative estimate of drug-likeness (QED) is 0.748. The van der Waals surface area contributed by atoms with Crippen molar-refractivity contribution >= 4 is 11.0 Å². The van der Waals surface area contributed by atoms with Crippen molar-refractivity contribution in [3.63, 3.8) is 0 Å². The predicted molar refractivity (Wildman–Crippen MR) is 111 cm³/mol. The molecule has 2 unspecified atom stereocenters. The van der Waals surface area contributed by atoms with E-state index < -0.39 is 6.04 Å². The highest BCUT2D eigenvalue weighted by atomic mass is 16.5. The van der Waals surface area contributed by atoms with Gasteiger partial charge in [0.15, 0.2) is 5.43 Å². The van der Waals surface area contributed by atoms with Gasteiger partial charge < -0.3 is 19.6 Å². The molecule has 0 amide bonds. The van der Waals surface area contributed by atoms with Gasteiger partial charge in [-0.25, -0.2) is 0 Å². The number of aromatic hydroxyl groups is 1. The summed E-state index contributed by atoms with van der Waals surface area (Å²) in [6, 6.07) is 2.29. The molecule has 152 valence electrons. The van der Waals surface area contributed by atoms with E-state index in [-0.39, 0.29) is 28.1 Å². The second kappa shape index (κ2) is 8.21. The summed E-state index contributed by atoms with van der Waals surface area (Å²) in [6.45, 7) is 3.17. The van der Waals surface area contributed by atoms with Gasteiger partial charge >= 0.3 is 0 Å². The Kier molecular flexibility index (Phi) is 5.49. The first-order valence-corrected chi connectivity index (χ1v) is 9.90. The topological polar surface area (TPSA) is 101 Å². The zero-order valence-electron chi connectivity index (χ0n) is 16.3. The first-order chi connectivity index (χ1) is 14.1. The molecule has 0 spiro atoms. The number of aryl methyl sites for hydroxylation is 1. The second-order valence-corrected chi connectivity index (χ2v) is 7.55. The van der Waals surface area contributed by atoms with Gasteiger partial charge in [-0.05, 0) is 38.3 Å². The highest BCUT2D eigenvalue weighted by Crippen LogP contribution is 2.42. The fourth-order valence-corrected chi connectivity index (χ4v) is 4.12. The fraction of sp³-hybridized carbons (Fsp3) is 0.409. The lowest BCUT2D eigenvalue weighted by atomic mass is 9.84. The normalized spacial score (nSPS) is 21.8. The molecule has 1 saturated heterocycles. The number of nitrogens with zero attached hydrogens (tertiary/aromatic N) is 1. The number of benzene rings is 1. The Hall–Kier alpha value is -2.93. The number of phenolic OH excluding ortho intramolecular Hbond substituents is 1. The molecule has 1 aromatic heterocycles. The molecule has 0 radical (unpaired) electrons. The van der Waals surface area contributed by atoms with Crippen molar-refractivity contribution in [2.75, 3.05) is 19.7 Å². The second-order valence-electron chi connectivity index (χ2n) is 7.55. The Bertz CT molecular complexity index is 1050. The van der Waals surface area contributed by atoms with Gasteiger partial charge in [0.1, 0.15) is 40.9 Å². The van der Waals surface area contributed by atoms with Crippen molar-refractivity contribution in [1.29, 1.82) is 0 Å². The Balaban J connectivity index is 1.86. The van der Waals surface area contributed by atoms with Crippen molar-refractivity contribution < 1.29 is 14.3 Å². The number of nitroso groups, excluding NO2 is 1. The van der Waals surface area contributed by atoms with E-state index in [0.717, 1.165) is 18.4 Å². The van der Waals surface area contributed by atoms with Gasteiger partial charge in [-0.1, -0.05) is 23.4 Å². The highest BCUT2D eigenvalue weighted by molar-refractivity contribution is 5.88. The Morgan fingerprint density at radius 1 is 1.34 bits per heavy atom. The molecular weight excluding hydrogens is 372 g/mol. The average Bonchev–Trinajstić information content (AvgIpc) is 2.72. The summed E-state index contributed by atoms with van der Waals surface area (Å²) in [5, 5.41) is 17.1. The van der Waals surface area contributed by atoms with Crippen LogP contribution >= 0.6 is 0 Å². The molecule has 4 rings (SSSR count). The van der Waals surface area contributed by atoms with Crippen LogP contribution < -0.4 is 15.5 Å². The van der Waals surface area contributed by atoms with Crippen molar-refractivity contribution in [1.82, 2.24) is 5.32 Å². The van der Waals surface area contributed by atoms with E-state index >= 15 is 0 Å². The Morgan fingerprint density at radius 3 is 2.97 bits per heavy atom. The van der Waals surface area contributed by atoms with Gasteiger partial charge in [0, 0.05) is 30.2 Å². The summed E-state index contributed by atoms with van der Waals surface area (Å²) in [4.78, 5) is 24.1. The summed E-state index contributed by atoms with van der Waals surface area (Å²) in [7, 11) is 0. The number of fused-ring (bicyclic) bond motifs is 1. The molecule has 2 atom stereocenters. The van der Waals surface area contributed by atoms with Crippen LogP contribution in [0.4, 0.5) is 0 Å². The van der Waals surface area contributed by atoms with Crippen LogP contribution in [0.15, 0.2) is 50.3 Å². The van der Waals surface area contributed by atoms with Gasteiger partial charge in [-0.15, -0.1) is 0 Å². The van der Waals surface area contributed by atoms with Crippen LogP contribution in [0, 0.1) is 11.8 Å². The highest BCUT2D eigenvalue weighted by Gasteiger charge is 2.33. The van der Waals surface area contributed by atoms with E-state index in [9.17, 15) is 14.8 Å². The van der Waals surface area contributed by atoms with E-state index in [1.165, 1.54) is 12.1 Å². The number of hydrogen-bond acceptors (Lipinski definition) is 7. The van der Waals surface area contributed by atoms with E-state index in [4.69, 9.17) is 9.15 Å². The molecule has 2 aromatic rings. The Labute approximate surface area is 168 Å². The molecule has 29 heavy (non-hydrogen) atoms. The van der Waals surface area contributed by atoms with Crippen LogP contribution in [0.1, 0.15) is 36.5 Å². The maximum atomic E-state index is 12.5. The average molecular weight is 396 g/mol. The summed E-state index contributed by atoms with van der Waals surface area (Å²) >= 11 is 0. The minimum Gasteiger partial charge on any atom is -0.507 e. The van der Waals surface area contributed by atoms with Crippen LogP contribution in [0.5, 0.6) is 11.5 Å². The monoisotopic (exact) mass is 396 g/mol. The zero-order valence-corrected chi connectivity index (χ0v) is 16.3. The Morgan fingerprint density at radius 2 is 2.21 bits per heavy atom. The number of nitrogens with one attached hydrogen (secondary N) is 1. The van der Waals surface area contributed by atoms with E-state index in [2.05, 4.69) is 22.6 Å². The molecule has 0 saturated carbocycles. The van der Waals surface area contributed by atoms with Crippen LogP contribution in [0.25, 0.3) is 11.0 Å². The summed E-state index contributed by atoms with van der Waals surface area (Å²) < 4.78 is 12.0. The van der Waals surface area contributed by atoms with Crippen LogP contribution in [-0.2, 0) is 0 Å². The van der Waals surface area contributed by atoms with E-state index in [1.807, 2.05) is 6.08 Å². The molecule has 7 nitrogen and oxygen atoms in total. The zero-order chi connectivity index (χ0) is 20.4. The molecule has 2 N–H and O–H groups in total. The summed E-state index contributed by atoms with van der Waals surface area (Å²) in [5.74, 6) is 0.393. The van der Waals surface area contributed by atoms with E-state index in [0.29, 0.717) is 43.2 Å². The largest absolute Gasteiger partial charge is 0.507 e. The smallest absolute Gasteiger partial charge is 0.196 e. The number of ether oxygens (including phenoxy) is 1. The fourth-order valence-electron chi connectivity index (χ4n) is 4.12. The number of piperidine rings is 1. The third kappa shape index (κ3) is 3.82. The number of hydrogen-bond donors (Lipinski definition) is 2. The SMILES string of the molecule is Cc1cc(=O)c2c(O)cc(OCC3=CCCC=C3)c(C3CCNCC3N=O)c2o1. The minimum absolute atomic E-state index is 0.109. The lowest BCUT2D eigenvalue weighted by Gasteiger charge is -2.29. The van der Waals surface area contributed by atoms with Gasteiger partial charge in [0.2, 0.25) is 0 Å². The maximum Gasteiger partial charge on any atom is 0.196 e. The molecule has 7 heteroatoms. The number of rotatable bonds is 5. The van der Waals surface area contributed by atoms with Crippen molar-refractivity contribution in [2.45, 2.75) is 38.1 Å². The standard InChI is InChI=1S/C22H24N2O5/c1-13-9-17(25)21-18(26)10-19(28-12-14-5-3-2-4-6-14)20(22(21)29-13)15-7-8-23-11-16(15)24-27/h3,5-6,9-10,15-16,23,26H,2,4,7-8,11-12H2,1H3. The van der Waals surface area contributed by atoms with Crippen LogP contribution in [-0.4, -0.2) is 30.8 Å². The third-order valence-corrected chi connectivity index (χ3v) is 5.53. The number of phenols is 1. The van der Waals surface area contributed by atoms with Gasteiger partial charge in [-0.2, -0.15) is 4.91 Å². The van der Waals surface area contributed by atoms with Crippen molar-refractivity contribution in [2.24, 2.45) is 5.18 Å². The summed E-state index contributed by atoms with van der Waals surface area (Å²) in [5.41, 5.74) is 1.63. The molecule has 1 fully saturated rings. The lowest BCUT2D eigenvalue weighted by Crippen LogP contribution is -2.38. The number of allylic oxidation sites excluding steroid dienone is 2. The third-order valence-electron chi connectivity index (χ3n) is 5.53. The van der Waals surface area contributed by atoms with Crippen molar-refractivity contribution in [3.8, 4) is 11.5 Å². The maximum absolute atomic E-state index is 12.5. The molecule has 1 aromatic carbocycles. The van der Waals surface area contributed by atoms with Gasteiger partial charge in [0.05, 0.1) is 0 Å². The van der Waals surface area contributed by atoms with Crippen LogP contribution in [0.2, 0.25) is 0 Å². The molecule has 1 aliphatic carbocycles. The molecule has 2 aliphatic rings. The van der Waals surface area contributed by atoms with E-state index in [1.54, 1.807) is 6.92 Å². The van der Waals surface area contributed by atoms with Gasteiger partial charge in [0.25, 0.3) is 0 Å². The first-order valence-electron chi connectivity index (χ1n) is 9.90.